The SMILES string of the molecule is c1ccc(-c2ccc(-c3c(N(c4ccc(-c5ccccc5)cc4)c4cccc(-c5ccc6ccccc6c5)c4)ccc4sc5ccccc5c34)cc2)cc1. The number of hydrogen-bond acceptors (Lipinski definition) is 2. The van der Waals surface area contributed by atoms with E-state index in [2.05, 4.69) is 217 Å². The molecule has 1 aromatic heterocycles. The van der Waals surface area contributed by atoms with Crippen LogP contribution in [-0.2, 0) is 0 Å². The van der Waals surface area contributed by atoms with Crippen LogP contribution in [0.5, 0.6) is 0 Å². The summed E-state index contributed by atoms with van der Waals surface area (Å²) in [5, 5.41) is 5.06. The van der Waals surface area contributed by atoms with Gasteiger partial charge in [-0.05, 0) is 98.2 Å². The molecule has 10 aromatic rings. The summed E-state index contributed by atoms with van der Waals surface area (Å²) in [7, 11) is 0. The van der Waals surface area contributed by atoms with E-state index in [9.17, 15) is 0 Å². The molecule has 0 radical (unpaired) electrons. The van der Waals surface area contributed by atoms with Crippen LogP contribution in [0.3, 0.4) is 0 Å². The maximum absolute atomic E-state index is 2.45. The molecule has 1 nitrogen and oxygen atoms in total. The second-order valence-electron chi connectivity index (χ2n) is 13.7. The molecule has 0 aliphatic heterocycles. The molecular formula is C52H35NS. The summed E-state index contributed by atoms with van der Waals surface area (Å²) in [4.78, 5) is 2.45. The van der Waals surface area contributed by atoms with E-state index >= 15 is 0 Å². The summed E-state index contributed by atoms with van der Waals surface area (Å²) >= 11 is 1.86. The van der Waals surface area contributed by atoms with Crippen LogP contribution in [0.2, 0.25) is 0 Å². The van der Waals surface area contributed by atoms with Gasteiger partial charge in [0.1, 0.15) is 0 Å². The third-order valence-electron chi connectivity index (χ3n) is 10.5. The predicted molar refractivity (Wildman–Crippen MR) is 233 cm³/mol. The van der Waals surface area contributed by atoms with Crippen molar-refractivity contribution in [3.63, 3.8) is 0 Å². The maximum Gasteiger partial charge on any atom is 0.0547 e. The second kappa shape index (κ2) is 13.7. The minimum Gasteiger partial charge on any atom is -0.310 e. The first-order chi connectivity index (χ1) is 26.8. The van der Waals surface area contributed by atoms with Crippen molar-refractivity contribution in [2.24, 2.45) is 0 Å². The lowest BCUT2D eigenvalue weighted by atomic mass is 9.94. The minimum absolute atomic E-state index is 1.10. The molecule has 54 heavy (non-hydrogen) atoms. The van der Waals surface area contributed by atoms with Gasteiger partial charge >= 0.3 is 0 Å². The Bertz CT molecular complexity index is 2910. The van der Waals surface area contributed by atoms with Crippen LogP contribution >= 0.6 is 11.3 Å². The molecule has 0 atom stereocenters. The van der Waals surface area contributed by atoms with Crippen molar-refractivity contribution in [1.82, 2.24) is 0 Å². The van der Waals surface area contributed by atoms with Crippen LogP contribution in [0.15, 0.2) is 212 Å². The summed E-state index contributed by atoms with van der Waals surface area (Å²) in [5.74, 6) is 0. The zero-order chi connectivity index (χ0) is 35.8. The molecule has 9 aromatic carbocycles. The van der Waals surface area contributed by atoms with Gasteiger partial charge in [-0.15, -0.1) is 11.3 Å². The summed E-state index contributed by atoms with van der Waals surface area (Å²) in [5.41, 5.74) is 13.0. The van der Waals surface area contributed by atoms with Crippen molar-refractivity contribution >= 4 is 59.3 Å². The third kappa shape index (κ3) is 5.84. The molecule has 0 aliphatic rings. The van der Waals surface area contributed by atoms with E-state index < -0.39 is 0 Å². The standard InChI is InChI=1S/C52H35NS/c1-3-12-36(13-4-1)39-22-25-41(26-23-39)51-48(32-33-50-52(51)47-20-9-10-21-49(47)54-50)53(45-30-28-40(29-31-45)37-14-5-2-6-15-37)46-19-11-18-43(35-46)44-27-24-38-16-7-8-17-42(38)34-44/h1-35H. The number of anilines is 3. The molecule has 254 valence electrons. The van der Waals surface area contributed by atoms with Crippen molar-refractivity contribution < 1.29 is 0 Å². The van der Waals surface area contributed by atoms with E-state index in [0.717, 1.165) is 17.1 Å². The zero-order valence-electron chi connectivity index (χ0n) is 29.6. The van der Waals surface area contributed by atoms with Crippen LogP contribution < -0.4 is 4.90 Å². The maximum atomic E-state index is 2.45. The highest BCUT2D eigenvalue weighted by Crippen LogP contribution is 2.49. The molecular weight excluding hydrogens is 671 g/mol. The largest absolute Gasteiger partial charge is 0.310 e. The number of benzene rings is 9. The molecule has 0 N–H and O–H groups in total. The molecule has 0 saturated heterocycles. The molecule has 0 fully saturated rings. The van der Waals surface area contributed by atoms with E-state index in [1.807, 2.05) is 11.3 Å². The Kier molecular flexibility index (Phi) is 8.09. The highest BCUT2D eigenvalue weighted by Gasteiger charge is 2.22. The van der Waals surface area contributed by atoms with Crippen molar-refractivity contribution in [1.29, 1.82) is 0 Å². The summed E-state index contributed by atoms with van der Waals surface area (Å²) in [6.07, 6.45) is 0. The molecule has 0 unspecified atom stereocenters. The molecule has 2 heteroatoms. The van der Waals surface area contributed by atoms with Gasteiger partial charge in [0.05, 0.1) is 5.69 Å². The second-order valence-corrected chi connectivity index (χ2v) is 14.8. The summed E-state index contributed by atoms with van der Waals surface area (Å²) < 4.78 is 2.58. The Morgan fingerprint density at radius 1 is 0.315 bits per heavy atom. The van der Waals surface area contributed by atoms with Crippen molar-refractivity contribution in [2.75, 3.05) is 4.90 Å². The molecule has 0 aliphatic carbocycles. The molecule has 0 bridgehead atoms. The van der Waals surface area contributed by atoms with E-state index in [1.54, 1.807) is 0 Å². The molecule has 0 saturated carbocycles. The lowest BCUT2D eigenvalue weighted by Crippen LogP contribution is -2.11. The Balaban J connectivity index is 1.20. The van der Waals surface area contributed by atoms with E-state index in [-0.39, 0.29) is 0 Å². The monoisotopic (exact) mass is 705 g/mol. The number of thiophene rings is 1. The highest BCUT2D eigenvalue weighted by atomic mass is 32.1. The minimum atomic E-state index is 1.10. The fourth-order valence-electron chi connectivity index (χ4n) is 7.80. The van der Waals surface area contributed by atoms with Crippen LogP contribution in [0.25, 0.3) is 75.5 Å². The van der Waals surface area contributed by atoms with Crippen LogP contribution in [0.1, 0.15) is 0 Å². The van der Waals surface area contributed by atoms with Gasteiger partial charge in [-0.2, -0.15) is 0 Å². The van der Waals surface area contributed by atoms with Gasteiger partial charge in [-0.3, -0.25) is 0 Å². The predicted octanol–water partition coefficient (Wildman–Crippen LogP) is 15.3. The Morgan fingerprint density at radius 2 is 0.870 bits per heavy atom. The van der Waals surface area contributed by atoms with Crippen LogP contribution in [-0.4, -0.2) is 0 Å². The van der Waals surface area contributed by atoms with Gasteiger partial charge < -0.3 is 4.90 Å². The van der Waals surface area contributed by atoms with Crippen LogP contribution in [0, 0.1) is 0 Å². The number of nitrogens with zero attached hydrogens (tertiary/aromatic N) is 1. The molecule has 0 amide bonds. The summed E-state index contributed by atoms with van der Waals surface area (Å²) in [6.45, 7) is 0. The smallest absolute Gasteiger partial charge is 0.0547 e. The van der Waals surface area contributed by atoms with Crippen molar-refractivity contribution in [2.45, 2.75) is 0 Å². The first kappa shape index (κ1) is 32.0. The Morgan fingerprint density at radius 3 is 1.61 bits per heavy atom. The van der Waals surface area contributed by atoms with E-state index in [4.69, 9.17) is 0 Å². The summed E-state index contributed by atoms with van der Waals surface area (Å²) in [6, 6.07) is 77.2. The fraction of sp³-hybridized carbons (Fsp3) is 0. The van der Waals surface area contributed by atoms with Crippen molar-refractivity contribution in [3.05, 3.63) is 212 Å². The molecule has 1 heterocycles. The lowest BCUT2D eigenvalue weighted by Gasteiger charge is -2.29. The zero-order valence-corrected chi connectivity index (χ0v) is 30.4. The number of rotatable bonds is 7. The average molecular weight is 706 g/mol. The van der Waals surface area contributed by atoms with E-state index in [1.165, 1.54) is 75.5 Å². The average Bonchev–Trinajstić information content (AvgIpc) is 3.63. The molecule has 10 rings (SSSR count). The van der Waals surface area contributed by atoms with Gasteiger partial charge in [0.25, 0.3) is 0 Å². The fourth-order valence-corrected chi connectivity index (χ4v) is 8.91. The molecule has 0 spiro atoms. The van der Waals surface area contributed by atoms with E-state index in [0.29, 0.717) is 0 Å². The van der Waals surface area contributed by atoms with Gasteiger partial charge in [-0.25, -0.2) is 0 Å². The quantitative estimate of drug-likeness (QED) is 0.160. The van der Waals surface area contributed by atoms with Crippen LogP contribution in [0.4, 0.5) is 17.1 Å². The van der Waals surface area contributed by atoms with Gasteiger partial charge in [-0.1, -0.05) is 164 Å². The number of fused-ring (bicyclic) bond motifs is 4. The lowest BCUT2D eigenvalue weighted by molar-refractivity contribution is 1.29. The first-order valence-electron chi connectivity index (χ1n) is 18.4. The van der Waals surface area contributed by atoms with Gasteiger partial charge in [0, 0.05) is 37.1 Å². The first-order valence-corrected chi connectivity index (χ1v) is 19.2. The Labute approximate surface area is 319 Å². The van der Waals surface area contributed by atoms with Gasteiger partial charge in [0.15, 0.2) is 0 Å². The topological polar surface area (TPSA) is 3.24 Å². The number of hydrogen-bond donors (Lipinski definition) is 0. The third-order valence-corrected chi connectivity index (χ3v) is 11.6. The normalized spacial score (nSPS) is 11.3. The van der Waals surface area contributed by atoms with Gasteiger partial charge in [0.2, 0.25) is 0 Å². The highest BCUT2D eigenvalue weighted by molar-refractivity contribution is 7.26. The Hall–Kier alpha value is -6.74. The van der Waals surface area contributed by atoms with Crippen molar-refractivity contribution in [3.8, 4) is 44.5 Å².